The largest absolute Gasteiger partial charge is 0.494 e. The third-order valence-electron chi connectivity index (χ3n) is 3.63. The van der Waals surface area contributed by atoms with E-state index in [4.69, 9.17) is 9.84 Å². The molecule has 0 saturated heterocycles. The lowest BCUT2D eigenvalue weighted by Crippen LogP contribution is -2.48. The van der Waals surface area contributed by atoms with Gasteiger partial charge in [0.2, 0.25) is 0 Å². The summed E-state index contributed by atoms with van der Waals surface area (Å²) in [5.74, 6) is -2.78. The van der Waals surface area contributed by atoms with Crippen LogP contribution in [0, 0.1) is 5.82 Å². The Bertz CT molecular complexity index is 978. The quantitative estimate of drug-likeness (QED) is 0.373. The number of thiazole rings is 1. The number of hydrogen-bond donors (Lipinski definition) is 4. The number of rotatable bonds is 6. The first-order valence-corrected chi connectivity index (χ1v) is 8.45. The first-order chi connectivity index (χ1) is 12.8. The fourth-order valence-corrected chi connectivity index (χ4v) is 3.16. The summed E-state index contributed by atoms with van der Waals surface area (Å²) >= 11 is 1.19. The molecule has 0 bridgehead atoms. The lowest BCUT2D eigenvalue weighted by molar-refractivity contribution is -0.274. The molecule has 0 radical (unpaired) electrons. The number of aromatic nitrogens is 1. The summed E-state index contributed by atoms with van der Waals surface area (Å²) in [6.07, 6.45) is 0. The highest BCUT2D eigenvalue weighted by Crippen LogP contribution is 2.33. The van der Waals surface area contributed by atoms with Gasteiger partial charge in [0.25, 0.3) is 0 Å². The zero-order valence-electron chi connectivity index (χ0n) is 14.0. The summed E-state index contributed by atoms with van der Waals surface area (Å²) in [7, 11) is 1.24. The highest BCUT2D eigenvalue weighted by Gasteiger charge is 2.33. The fourth-order valence-electron chi connectivity index (χ4n) is 2.32. The van der Waals surface area contributed by atoms with Gasteiger partial charge in [0.1, 0.15) is 27.2 Å². The molecule has 0 fully saturated rings. The van der Waals surface area contributed by atoms with Gasteiger partial charge in [-0.3, -0.25) is 0 Å². The Morgan fingerprint density at radius 3 is 2.59 bits per heavy atom. The van der Waals surface area contributed by atoms with Crippen molar-refractivity contribution in [2.24, 2.45) is 0 Å². The monoisotopic (exact) mass is 392 g/mol. The van der Waals surface area contributed by atoms with Crippen molar-refractivity contribution in [3.8, 4) is 16.3 Å². The van der Waals surface area contributed by atoms with Crippen molar-refractivity contribution >= 4 is 28.8 Å². The second kappa shape index (κ2) is 7.29. The zero-order valence-corrected chi connectivity index (χ0v) is 14.8. The van der Waals surface area contributed by atoms with Gasteiger partial charge in [-0.2, -0.15) is 10.4 Å². The summed E-state index contributed by atoms with van der Waals surface area (Å²) in [6.45, 7) is 0. The Labute approximate surface area is 156 Å². The van der Waals surface area contributed by atoms with Crippen LogP contribution in [0.4, 0.5) is 15.9 Å². The average Bonchev–Trinajstić information content (AvgIpc) is 3.13. The third kappa shape index (κ3) is 3.88. The van der Waals surface area contributed by atoms with Crippen LogP contribution in [0.5, 0.6) is 5.75 Å². The predicted molar refractivity (Wildman–Crippen MR) is 96.5 cm³/mol. The van der Waals surface area contributed by atoms with E-state index in [1.165, 1.54) is 23.8 Å². The molecular formula is C17H15FN3O5S+. The molecule has 0 unspecified atom stereocenters. The Balaban J connectivity index is 1.92. The molecule has 10 heteroatoms. The molecule has 0 atom stereocenters. The maximum absolute atomic E-state index is 14.0. The van der Waals surface area contributed by atoms with Crippen molar-refractivity contribution < 1.29 is 29.4 Å². The van der Waals surface area contributed by atoms with E-state index in [2.05, 4.69) is 10.4 Å². The van der Waals surface area contributed by atoms with E-state index in [1.807, 2.05) is 30.3 Å². The molecule has 3 rings (SSSR count). The van der Waals surface area contributed by atoms with Gasteiger partial charge >= 0.3 is 11.8 Å². The van der Waals surface area contributed by atoms with Crippen molar-refractivity contribution in [1.29, 1.82) is 0 Å². The summed E-state index contributed by atoms with van der Waals surface area (Å²) in [4.78, 5) is 13.3. The van der Waals surface area contributed by atoms with Crippen LogP contribution < -0.4 is 15.1 Å². The van der Waals surface area contributed by atoms with Crippen molar-refractivity contribution in [2.45, 2.75) is 0 Å². The average molecular weight is 392 g/mol. The van der Waals surface area contributed by atoms with Gasteiger partial charge in [0.05, 0.1) is 18.1 Å². The zero-order chi connectivity index (χ0) is 19.6. The summed E-state index contributed by atoms with van der Waals surface area (Å²) in [6, 6.07) is 10.9. The van der Waals surface area contributed by atoms with E-state index < -0.39 is 22.3 Å². The molecule has 27 heavy (non-hydrogen) atoms. The summed E-state index contributed by atoms with van der Waals surface area (Å²) in [5.41, 5.74) is 2.28. The van der Waals surface area contributed by atoms with E-state index >= 15 is 0 Å². The van der Waals surface area contributed by atoms with E-state index in [1.54, 1.807) is 0 Å². The SMILES string of the molecule is COc1cc(C(=O)O)c(F)cc1N[N+](O)(O)c1csc(-c2ccccc2)n1. The van der Waals surface area contributed by atoms with Crippen molar-refractivity contribution in [3.05, 3.63) is 59.2 Å². The number of quaternary nitrogens is 1. The molecule has 0 spiro atoms. The normalized spacial score (nSPS) is 11.3. The van der Waals surface area contributed by atoms with Gasteiger partial charge in [0.15, 0.2) is 0 Å². The van der Waals surface area contributed by atoms with Crippen LogP contribution in [-0.4, -0.2) is 33.6 Å². The second-order valence-corrected chi connectivity index (χ2v) is 6.29. The highest BCUT2D eigenvalue weighted by atomic mass is 32.1. The Morgan fingerprint density at radius 2 is 1.96 bits per heavy atom. The molecule has 0 aliphatic heterocycles. The van der Waals surface area contributed by atoms with Crippen LogP contribution in [0.2, 0.25) is 0 Å². The molecule has 140 valence electrons. The van der Waals surface area contributed by atoms with Crippen molar-refractivity contribution in [2.75, 3.05) is 12.5 Å². The smallest absolute Gasteiger partial charge is 0.338 e. The summed E-state index contributed by atoms with van der Waals surface area (Å²) < 4.78 is 19.0. The van der Waals surface area contributed by atoms with E-state index in [0.29, 0.717) is 5.01 Å². The number of carboxylic acids is 1. The van der Waals surface area contributed by atoms with Crippen molar-refractivity contribution in [3.63, 3.8) is 0 Å². The number of nitrogens with zero attached hydrogens (tertiary/aromatic N) is 2. The molecule has 3 aromatic rings. The number of carbonyl (C=O) groups is 1. The van der Waals surface area contributed by atoms with Gasteiger partial charge in [-0.1, -0.05) is 30.3 Å². The number of aromatic carboxylic acids is 1. The van der Waals surface area contributed by atoms with Crippen molar-refractivity contribution in [1.82, 2.24) is 9.90 Å². The van der Waals surface area contributed by atoms with Gasteiger partial charge in [-0.05, 0) is 6.07 Å². The maximum atomic E-state index is 14.0. The second-order valence-electron chi connectivity index (χ2n) is 5.43. The fraction of sp³-hybridized carbons (Fsp3) is 0.0588. The summed E-state index contributed by atoms with van der Waals surface area (Å²) in [5, 5.41) is 31.6. The molecule has 4 N–H and O–H groups in total. The number of anilines is 1. The van der Waals surface area contributed by atoms with E-state index in [-0.39, 0.29) is 17.3 Å². The Morgan fingerprint density at radius 1 is 1.26 bits per heavy atom. The van der Waals surface area contributed by atoms with Gasteiger partial charge in [-0.15, -0.1) is 21.8 Å². The van der Waals surface area contributed by atoms with Gasteiger partial charge < -0.3 is 9.84 Å². The molecule has 0 amide bonds. The van der Waals surface area contributed by atoms with Crippen LogP contribution in [0.3, 0.4) is 0 Å². The van der Waals surface area contributed by atoms with Crippen LogP contribution in [0.15, 0.2) is 47.8 Å². The number of methoxy groups -OCH3 is 1. The van der Waals surface area contributed by atoms with Crippen LogP contribution in [0.1, 0.15) is 10.4 Å². The lowest BCUT2D eigenvalue weighted by atomic mass is 10.2. The Hall–Kier alpha value is -3.05. The maximum Gasteiger partial charge on any atom is 0.338 e. The minimum atomic E-state index is -1.88. The number of hydrogen-bond acceptors (Lipinski definition) is 7. The molecule has 1 heterocycles. The molecule has 2 aromatic carbocycles. The standard InChI is InChI=1S/C17H14FN3O5S/c1-26-14-7-11(17(22)23)12(18)8-13(14)20-21(24,25)15-9-27-16(19-15)10-5-3-2-4-6-10/h2-9,20,24-25H,1H3/p+1. The number of ether oxygens (including phenoxy) is 1. The van der Waals surface area contributed by atoms with Crippen LogP contribution in [-0.2, 0) is 0 Å². The van der Waals surface area contributed by atoms with E-state index in [9.17, 15) is 19.6 Å². The first-order valence-electron chi connectivity index (χ1n) is 7.57. The van der Waals surface area contributed by atoms with Crippen LogP contribution >= 0.6 is 11.3 Å². The third-order valence-corrected chi connectivity index (χ3v) is 4.51. The first kappa shape index (κ1) is 18.7. The van der Waals surface area contributed by atoms with Gasteiger partial charge in [-0.25, -0.2) is 9.18 Å². The number of halogens is 1. The molecule has 0 aliphatic carbocycles. The molecular weight excluding hydrogens is 377 g/mol. The van der Waals surface area contributed by atoms with Crippen LogP contribution in [0.25, 0.3) is 10.6 Å². The highest BCUT2D eigenvalue weighted by molar-refractivity contribution is 7.13. The Kier molecular flexibility index (Phi) is 5.06. The minimum Gasteiger partial charge on any atom is -0.494 e. The van der Waals surface area contributed by atoms with Gasteiger partial charge in [0, 0.05) is 11.6 Å². The topological polar surface area (TPSA) is 112 Å². The molecule has 0 saturated carbocycles. The molecule has 0 aliphatic rings. The molecule has 1 aromatic heterocycles. The minimum absolute atomic E-state index is 0.0853. The number of nitrogens with one attached hydrogen (secondary N) is 1. The lowest BCUT2D eigenvalue weighted by Gasteiger charge is -2.20. The predicted octanol–water partition coefficient (Wildman–Crippen LogP) is 3.77. The number of benzene rings is 2. The van der Waals surface area contributed by atoms with E-state index in [0.717, 1.165) is 17.7 Å². The molecule has 8 nitrogen and oxygen atoms in total. The number of carboxylic acid groups (broad SMARTS) is 1.